The summed E-state index contributed by atoms with van der Waals surface area (Å²) in [5, 5.41) is 6.67. The zero-order valence-corrected chi connectivity index (χ0v) is 11.2. The molecular formula is C15H16FN3O. The highest BCUT2D eigenvalue weighted by molar-refractivity contribution is 5.93. The van der Waals surface area contributed by atoms with Crippen molar-refractivity contribution in [1.29, 1.82) is 0 Å². The SMILES string of the molecule is Cc1cc(NCC(=O)NC2CC2)c2cc(F)ccc2n1. The number of nitrogens with one attached hydrogen (secondary N) is 2. The van der Waals surface area contributed by atoms with Crippen LogP contribution >= 0.6 is 0 Å². The number of fused-ring (bicyclic) bond motifs is 1. The van der Waals surface area contributed by atoms with E-state index in [9.17, 15) is 9.18 Å². The topological polar surface area (TPSA) is 54.0 Å². The van der Waals surface area contributed by atoms with Crippen molar-refractivity contribution < 1.29 is 9.18 Å². The van der Waals surface area contributed by atoms with Gasteiger partial charge < -0.3 is 10.6 Å². The molecule has 104 valence electrons. The number of carbonyl (C=O) groups is 1. The normalized spacial score (nSPS) is 14.3. The number of halogens is 1. The molecule has 1 aromatic heterocycles. The summed E-state index contributed by atoms with van der Waals surface area (Å²) >= 11 is 0. The van der Waals surface area contributed by atoms with E-state index >= 15 is 0 Å². The average Bonchev–Trinajstić information content (AvgIpc) is 3.20. The summed E-state index contributed by atoms with van der Waals surface area (Å²) in [7, 11) is 0. The van der Waals surface area contributed by atoms with Gasteiger partial charge in [0.15, 0.2) is 0 Å². The van der Waals surface area contributed by atoms with Crippen molar-refractivity contribution in [2.45, 2.75) is 25.8 Å². The minimum Gasteiger partial charge on any atom is -0.376 e. The van der Waals surface area contributed by atoms with Crippen LogP contribution in [0.3, 0.4) is 0 Å². The van der Waals surface area contributed by atoms with E-state index in [0.717, 1.165) is 29.7 Å². The number of benzene rings is 1. The van der Waals surface area contributed by atoms with E-state index in [1.54, 1.807) is 6.07 Å². The van der Waals surface area contributed by atoms with Gasteiger partial charge in [-0.05, 0) is 44.0 Å². The number of anilines is 1. The van der Waals surface area contributed by atoms with Gasteiger partial charge in [-0.2, -0.15) is 0 Å². The molecular weight excluding hydrogens is 257 g/mol. The lowest BCUT2D eigenvalue weighted by atomic mass is 10.1. The molecule has 1 saturated carbocycles. The summed E-state index contributed by atoms with van der Waals surface area (Å²) in [5.74, 6) is -0.347. The number of hydrogen-bond acceptors (Lipinski definition) is 3. The van der Waals surface area contributed by atoms with Crippen molar-refractivity contribution in [2.75, 3.05) is 11.9 Å². The molecule has 1 heterocycles. The molecule has 0 spiro atoms. The molecule has 0 radical (unpaired) electrons. The number of pyridine rings is 1. The maximum atomic E-state index is 13.4. The zero-order valence-electron chi connectivity index (χ0n) is 11.2. The van der Waals surface area contributed by atoms with E-state index in [0.29, 0.717) is 11.4 Å². The molecule has 2 aromatic rings. The third-order valence-electron chi connectivity index (χ3n) is 3.28. The summed E-state index contributed by atoms with van der Waals surface area (Å²) in [6, 6.07) is 6.64. The molecule has 20 heavy (non-hydrogen) atoms. The Morgan fingerprint density at radius 2 is 2.20 bits per heavy atom. The van der Waals surface area contributed by atoms with E-state index in [1.807, 2.05) is 13.0 Å². The van der Waals surface area contributed by atoms with Crippen molar-refractivity contribution in [3.05, 3.63) is 35.8 Å². The number of aryl methyl sites for hydroxylation is 1. The van der Waals surface area contributed by atoms with Crippen LogP contribution in [0.1, 0.15) is 18.5 Å². The zero-order chi connectivity index (χ0) is 14.1. The minimum absolute atomic E-state index is 0.0356. The monoisotopic (exact) mass is 273 g/mol. The first-order valence-corrected chi connectivity index (χ1v) is 6.72. The molecule has 1 aromatic carbocycles. The van der Waals surface area contributed by atoms with Gasteiger partial charge in [0, 0.05) is 22.8 Å². The van der Waals surface area contributed by atoms with Gasteiger partial charge in [0.05, 0.1) is 12.1 Å². The second-order valence-electron chi connectivity index (χ2n) is 5.17. The lowest BCUT2D eigenvalue weighted by molar-refractivity contribution is -0.119. The molecule has 0 saturated heterocycles. The van der Waals surface area contributed by atoms with Crippen LogP contribution in [0.4, 0.5) is 10.1 Å². The van der Waals surface area contributed by atoms with Gasteiger partial charge in [-0.1, -0.05) is 0 Å². The fraction of sp³-hybridized carbons (Fsp3) is 0.333. The van der Waals surface area contributed by atoms with Gasteiger partial charge in [0.2, 0.25) is 5.91 Å². The predicted octanol–water partition coefficient (Wildman–Crippen LogP) is 2.37. The lowest BCUT2D eigenvalue weighted by Crippen LogP contribution is -2.31. The quantitative estimate of drug-likeness (QED) is 0.899. The largest absolute Gasteiger partial charge is 0.376 e. The van der Waals surface area contributed by atoms with Crippen LogP contribution in [0.25, 0.3) is 10.9 Å². The van der Waals surface area contributed by atoms with Gasteiger partial charge in [-0.15, -0.1) is 0 Å². The Bertz CT molecular complexity index is 667. The summed E-state index contributed by atoms with van der Waals surface area (Å²) in [4.78, 5) is 16.0. The smallest absolute Gasteiger partial charge is 0.239 e. The lowest BCUT2D eigenvalue weighted by Gasteiger charge is -2.11. The molecule has 0 aliphatic heterocycles. The van der Waals surface area contributed by atoms with Gasteiger partial charge in [0.1, 0.15) is 5.82 Å². The summed E-state index contributed by atoms with van der Waals surface area (Å²) < 4.78 is 13.4. The Labute approximate surface area is 116 Å². The summed E-state index contributed by atoms with van der Waals surface area (Å²) in [6.45, 7) is 2.06. The van der Waals surface area contributed by atoms with Crippen molar-refractivity contribution in [2.24, 2.45) is 0 Å². The predicted molar refractivity (Wildman–Crippen MR) is 76.1 cm³/mol. The first-order valence-electron chi connectivity index (χ1n) is 6.72. The molecule has 2 N–H and O–H groups in total. The molecule has 0 unspecified atom stereocenters. The number of rotatable bonds is 4. The minimum atomic E-state index is -0.311. The molecule has 1 aliphatic rings. The van der Waals surface area contributed by atoms with E-state index in [2.05, 4.69) is 15.6 Å². The second-order valence-corrected chi connectivity index (χ2v) is 5.17. The second kappa shape index (κ2) is 5.07. The van der Waals surface area contributed by atoms with Crippen LogP contribution < -0.4 is 10.6 Å². The number of carbonyl (C=O) groups excluding carboxylic acids is 1. The van der Waals surface area contributed by atoms with Crippen molar-refractivity contribution in [3.63, 3.8) is 0 Å². The van der Waals surface area contributed by atoms with Crippen molar-refractivity contribution in [1.82, 2.24) is 10.3 Å². The van der Waals surface area contributed by atoms with Crippen LogP contribution in [0.5, 0.6) is 0 Å². The van der Waals surface area contributed by atoms with Crippen LogP contribution in [0.2, 0.25) is 0 Å². The Kier molecular flexibility index (Phi) is 3.26. The highest BCUT2D eigenvalue weighted by Crippen LogP contribution is 2.24. The molecule has 0 atom stereocenters. The van der Waals surface area contributed by atoms with Crippen LogP contribution in [-0.4, -0.2) is 23.5 Å². The standard InChI is InChI=1S/C15H16FN3O/c1-9-6-14(17-8-15(20)19-11-3-4-11)12-7-10(16)2-5-13(12)18-9/h2,5-7,11H,3-4,8H2,1H3,(H,17,18)(H,19,20). The molecule has 4 nitrogen and oxygen atoms in total. The fourth-order valence-corrected chi connectivity index (χ4v) is 2.16. The fourth-order valence-electron chi connectivity index (χ4n) is 2.16. The number of hydrogen-bond donors (Lipinski definition) is 2. The van der Waals surface area contributed by atoms with Crippen LogP contribution in [0, 0.1) is 12.7 Å². The third kappa shape index (κ3) is 2.87. The highest BCUT2D eigenvalue weighted by Gasteiger charge is 2.22. The number of aromatic nitrogens is 1. The molecule has 1 amide bonds. The van der Waals surface area contributed by atoms with E-state index in [-0.39, 0.29) is 18.3 Å². The first kappa shape index (κ1) is 12.8. The first-order chi connectivity index (χ1) is 9.61. The summed E-state index contributed by atoms with van der Waals surface area (Å²) in [6.07, 6.45) is 2.13. The Morgan fingerprint density at radius 3 is 2.95 bits per heavy atom. The summed E-state index contributed by atoms with van der Waals surface area (Å²) in [5.41, 5.74) is 2.28. The maximum absolute atomic E-state index is 13.4. The molecule has 0 bridgehead atoms. The number of amides is 1. The van der Waals surface area contributed by atoms with E-state index < -0.39 is 0 Å². The van der Waals surface area contributed by atoms with Gasteiger partial charge in [-0.25, -0.2) is 4.39 Å². The van der Waals surface area contributed by atoms with Crippen LogP contribution in [0.15, 0.2) is 24.3 Å². The maximum Gasteiger partial charge on any atom is 0.239 e. The van der Waals surface area contributed by atoms with E-state index in [4.69, 9.17) is 0 Å². The molecule has 1 aliphatic carbocycles. The van der Waals surface area contributed by atoms with Gasteiger partial charge in [-0.3, -0.25) is 9.78 Å². The highest BCUT2D eigenvalue weighted by atomic mass is 19.1. The van der Waals surface area contributed by atoms with Gasteiger partial charge in [0.25, 0.3) is 0 Å². The molecule has 1 fully saturated rings. The van der Waals surface area contributed by atoms with Crippen molar-refractivity contribution >= 4 is 22.5 Å². The molecule has 3 rings (SSSR count). The Balaban J connectivity index is 1.81. The van der Waals surface area contributed by atoms with Crippen molar-refractivity contribution in [3.8, 4) is 0 Å². The third-order valence-corrected chi connectivity index (χ3v) is 3.28. The average molecular weight is 273 g/mol. The number of nitrogens with zero attached hydrogens (tertiary/aromatic N) is 1. The Hall–Kier alpha value is -2.17. The van der Waals surface area contributed by atoms with Crippen LogP contribution in [-0.2, 0) is 4.79 Å². The van der Waals surface area contributed by atoms with E-state index in [1.165, 1.54) is 12.1 Å². The van der Waals surface area contributed by atoms with Gasteiger partial charge >= 0.3 is 0 Å². The molecule has 5 heteroatoms. The Morgan fingerprint density at radius 1 is 1.40 bits per heavy atom.